The molecule has 0 radical (unpaired) electrons. The van der Waals surface area contributed by atoms with E-state index >= 15 is 0 Å². The van der Waals surface area contributed by atoms with E-state index in [1.165, 1.54) is 0 Å². The fourth-order valence-corrected chi connectivity index (χ4v) is 3.71. The highest BCUT2D eigenvalue weighted by molar-refractivity contribution is 5.81. The summed E-state index contributed by atoms with van der Waals surface area (Å²) < 4.78 is 5.42. The average Bonchev–Trinajstić information content (AvgIpc) is 3.06. The third-order valence-electron chi connectivity index (χ3n) is 5.07. The molecule has 0 saturated heterocycles. The van der Waals surface area contributed by atoms with Gasteiger partial charge in [0.15, 0.2) is 0 Å². The van der Waals surface area contributed by atoms with Crippen LogP contribution in [0, 0.1) is 0 Å². The highest BCUT2D eigenvalue weighted by Gasteiger charge is 2.29. The van der Waals surface area contributed by atoms with E-state index in [9.17, 15) is 14.7 Å². The molecule has 146 valence electrons. The second-order valence-electron chi connectivity index (χ2n) is 6.89. The summed E-state index contributed by atoms with van der Waals surface area (Å²) in [6.07, 6.45) is 0.914. The molecule has 1 heterocycles. The molecule has 1 amide bonds. The summed E-state index contributed by atoms with van der Waals surface area (Å²) in [5.74, 6) is -1.21. The topological polar surface area (TPSA) is 88.5 Å². The van der Waals surface area contributed by atoms with Crippen LogP contribution in [0.15, 0.2) is 72.9 Å². The van der Waals surface area contributed by atoms with Crippen LogP contribution in [0.4, 0.5) is 4.79 Å². The molecule has 2 aromatic carbocycles. The maximum absolute atomic E-state index is 12.3. The summed E-state index contributed by atoms with van der Waals surface area (Å²) in [6.45, 7) is 0.135. The first-order chi connectivity index (χ1) is 14.1. The molecule has 0 spiro atoms. The van der Waals surface area contributed by atoms with Crippen LogP contribution >= 0.6 is 0 Å². The Labute approximate surface area is 168 Å². The minimum atomic E-state index is -1.14. The predicted octanol–water partition coefficient (Wildman–Crippen LogP) is 3.62. The largest absolute Gasteiger partial charge is 0.480 e. The van der Waals surface area contributed by atoms with Crippen LogP contribution in [0.2, 0.25) is 0 Å². The number of alkyl carbamates (subject to hydrolysis) is 1. The SMILES string of the molecule is O=C(NC(Cc1ccccn1)C(=O)O)OCC1c2ccccc2-c2ccccc21. The Morgan fingerprint density at radius 1 is 0.966 bits per heavy atom. The summed E-state index contributed by atoms with van der Waals surface area (Å²) in [5.41, 5.74) is 5.06. The molecule has 4 rings (SSSR count). The number of nitrogens with zero attached hydrogens (tertiary/aromatic N) is 1. The standard InChI is InChI=1S/C23H20N2O4/c26-22(27)21(13-15-7-5-6-12-24-15)25-23(28)29-14-20-18-10-3-1-8-16(18)17-9-2-4-11-19(17)20/h1-12,20-21H,13-14H2,(H,25,28)(H,26,27). The van der Waals surface area contributed by atoms with Gasteiger partial charge >= 0.3 is 12.1 Å². The first kappa shape index (κ1) is 18.7. The van der Waals surface area contributed by atoms with E-state index in [1.807, 2.05) is 36.4 Å². The monoisotopic (exact) mass is 388 g/mol. The number of hydrogen-bond acceptors (Lipinski definition) is 4. The minimum Gasteiger partial charge on any atom is -0.480 e. The Kier molecular flexibility index (Phi) is 5.24. The van der Waals surface area contributed by atoms with Crippen LogP contribution in [0.1, 0.15) is 22.7 Å². The summed E-state index contributed by atoms with van der Waals surface area (Å²) in [4.78, 5) is 28.0. The molecular formula is C23H20N2O4. The number of ether oxygens (including phenoxy) is 1. The lowest BCUT2D eigenvalue weighted by Crippen LogP contribution is -2.43. The molecule has 1 aliphatic rings. The van der Waals surface area contributed by atoms with Gasteiger partial charge in [-0.3, -0.25) is 4.98 Å². The number of carbonyl (C=O) groups is 2. The van der Waals surface area contributed by atoms with Crippen molar-refractivity contribution in [2.75, 3.05) is 6.61 Å². The van der Waals surface area contributed by atoms with Crippen molar-refractivity contribution in [2.45, 2.75) is 18.4 Å². The number of carboxylic acids is 1. The maximum atomic E-state index is 12.3. The number of rotatable bonds is 6. The van der Waals surface area contributed by atoms with E-state index < -0.39 is 18.1 Å². The summed E-state index contributed by atoms with van der Waals surface area (Å²) in [7, 11) is 0. The van der Waals surface area contributed by atoms with Crippen LogP contribution in [-0.2, 0) is 16.0 Å². The van der Waals surface area contributed by atoms with E-state index in [0.717, 1.165) is 22.3 Å². The zero-order chi connectivity index (χ0) is 20.2. The molecule has 1 aromatic heterocycles. The van der Waals surface area contributed by atoms with E-state index in [2.05, 4.69) is 22.4 Å². The van der Waals surface area contributed by atoms with Crippen molar-refractivity contribution in [1.29, 1.82) is 0 Å². The van der Waals surface area contributed by atoms with Crippen molar-refractivity contribution < 1.29 is 19.4 Å². The number of aromatic nitrogens is 1. The Bertz CT molecular complexity index is 990. The average molecular weight is 388 g/mol. The number of nitrogens with one attached hydrogen (secondary N) is 1. The summed E-state index contributed by atoms with van der Waals surface area (Å²) in [5, 5.41) is 11.9. The van der Waals surface area contributed by atoms with Gasteiger partial charge < -0.3 is 15.2 Å². The zero-order valence-electron chi connectivity index (χ0n) is 15.6. The molecule has 0 fully saturated rings. The maximum Gasteiger partial charge on any atom is 0.407 e. The molecule has 1 unspecified atom stereocenters. The number of fused-ring (bicyclic) bond motifs is 3. The zero-order valence-corrected chi connectivity index (χ0v) is 15.6. The molecule has 3 aromatic rings. The van der Waals surface area contributed by atoms with Crippen molar-refractivity contribution in [2.24, 2.45) is 0 Å². The minimum absolute atomic E-state index is 0.0766. The molecule has 1 aliphatic carbocycles. The quantitative estimate of drug-likeness (QED) is 0.673. The number of aliphatic carboxylic acids is 1. The Balaban J connectivity index is 1.43. The van der Waals surface area contributed by atoms with Crippen LogP contribution in [-0.4, -0.2) is 34.8 Å². The fourth-order valence-electron chi connectivity index (χ4n) is 3.71. The molecule has 0 bridgehead atoms. The Morgan fingerprint density at radius 3 is 2.17 bits per heavy atom. The first-order valence-corrected chi connectivity index (χ1v) is 9.37. The highest BCUT2D eigenvalue weighted by atomic mass is 16.5. The molecule has 29 heavy (non-hydrogen) atoms. The van der Waals surface area contributed by atoms with Gasteiger partial charge in [0.05, 0.1) is 0 Å². The van der Waals surface area contributed by atoms with Crippen LogP contribution in [0.5, 0.6) is 0 Å². The second kappa shape index (κ2) is 8.14. The smallest absolute Gasteiger partial charge is 0.407 e. The van der Waals surface area contributed by atoms with Gasteiger partial charge in [-0.1, -0.05) is 54.6 Å². The number of amides is 1. The molecule has 0 saturated carbocycles. The van der Waals surface area contributed by atoms with E-state index in [4.69, 9.17) is 4.74 Å². The van der Waals surface area contributed by atoms with Crippen LogP contribution in [0.25, 0.3) is 11.1 Å². The van der Waals surface area contributed by atoms with Crippen LogP contribution in [0.3, 0.4) is 0 Å². The third kappa shape index (κ3) is 3.96. The Morgan fingerprint density at radius 2 is 1.59 bits per heavy atom. The van der Waals surface area contributed by atoms with Gasteiger partial charge in [-0.25, -0.2) is 9.59 Å². The second-order valence-corrected chi connectivity index (χ2v) is 6.89. The normalized spacial score (nSPS) is 13.2. The summed E-state index contributed by atoms with van der Waals surface area (Å²) in [6, 6.07) is 20.2. The van der Waals surface area contributed by atoms with E-state index in [1.54, 1.807) is 24.4 Å². The van der Waals surface area contributed by atoms with Gasteiger partial charge in [0.1, 0.15) is 12.6 Å². The van der Waals surface area contributed by atoms with Gasteiger partial charge in [-0.05, 0) is 34.4 Å². The van der Waals surface area contributed by atoms with Crippen molar-refractivity contribution in [3.05, 3.63) is 89.7 Å². The molecule has 2 N–H and O–H groups in total. The molecule has 6 nitrogen and oxygen atoms in total. The lowest BCUT2D eigenvalue weighted by molar-refractivity contribution is -0.139. The lowest BCUT2D eigenvalue weighted by Gasteiger charge is -2.17. The van der Waals surface area contributed by atoms with Crippen molar-refractivity contribution in [1.82, 2.24) is 10.3 Å². The molecule has 0 aliphatic heterocycles. The fraction of sp³-hybridized carbons (Fsp3) is 0.174. The van der Waals surface area contributed by atoms with Gasteiger partial charge in [-0.2, -0.15) is 0 Å². The van der Waals surface area contributed by atoms with Gasteiger partial charge in [0.25, 0.3) is 0 Å². The number of benzene rings is 2. The van der Waals surface area contributed by atoms with Gasteiger partial charge in [-0.15, -0.1) is 0 Å². The van der Waals surface area contributed by atoms with Crippen molar-refractivity contribution >= 4 is 12.1 Å². The Hall–Kier alpha value is -3.67. The summed E-state index contributed by atoms with van der Waals surface area (Å²) >= 11 is 0. The molecule has 1 atom stereocenters. The number of carboxylic acid groups (broad SMARTS) is 1. The van der Waals surface area contributed by atoms with Gasteiger partial charge in [0, 0.05) is 24.2 Å². The van der Waals surface area contributed by atoms with Crippen molar-refractivity contribution in [3.8, 4) is 11.1 Å². The number of carbonyl (C=O) groups excluding carboxylic acids is 1. The van der Waals surface area contributed by atoms with E-state index in [-0.39, 0.29) is 18.9 Å². The van der Waals surface area contributed by atoms with Crippen molar-refractivity contribution in [3.63, 3.8) is 0 Å². The molecule has 6 heteroatoms. The van der Waals surface area contributed by atoms with Gasteiger partial charge in [0.2, 0.25) is 0 Å². The lowest BCUT2D eigenvalue weighted by atomic mass is 9.98. The third-order valence-corrected chi connectivity index (χ3v) is 5.07. The van der Waals surface area contributed by atoms with E-state index in [0.29, 0.717) is 5.69 Å². The first-order valence-electron chi connectivity index (χ1n) is 9.37. The highest BCUT2D eigenvalue weighted by Crippen LogP contribution is 2.44. The van der Waals surface area contributed by atoms with Crippen LogP contribution < -0.4 is 5.32 Å². The number of pyridine rings is 1. The predicted molar refractivity (Wildman–Crippen MR) is 108 cm³/mol. The molecular weight excluding hydrogens is 368 g/mol. The number of hydrogen-bond donors (Lipinski definition) is 2.